The van der Waals surface area contributed by atoms with Gasteiger partial charge < -0.3 is 4.79 Å². The minimum Gasteiger partial charge on any atom is -0.303 e. The summed E-state index contributed by atoms with van der Waals surface area (Å²) in [6.45, 7) is 6.45. The van der Waals surface area contributed by atoms with Gasteiger partial charge in [-0.15, -0.1) is 0 Å². The van der Waals surface area contributed by atoms with E-state index < -0.39 is 0 Å². The molecule has 0 aromatic carbocycles. The molecule has 0 N–H and O–H groups in total. The summed E-state index contributed by atoms with van der Waals surface area (Å²) < 4.78 is 0. The summed E-state index contributed by atoms with van der Waals surface area (Å²) in [5.41, 5.74) is 0.444. The first-order chi connectivity index (χ1) is 3.97. The van der Waals surface area contributed by atoms with Crippen molar-refractivity contribution in [2.75, 3.05) is 0 Å². The van der Waals surface area contributed by atoms with Crippen LogP contribution in [0.3, 0.4) is 0 Å². The van der Waals surface area contributed by atoms with Crippen LogP contribution in [0, 0.1) is 10.8 Å². The lowest BCUT2D eigenvalue weighted by Gasteiger charge is -2.47. The van der Waals surface area contributed by atoms with Gasteiger partial charge in [-0.25, -0.2) is 0 Å². The SMILES string of the molecule is CC1(C)CC(C)(C=O)C1. The third kappa shape index (κ3) is 1.15. The Morgan fingerprint density at radius 2 is 1.67 bits per heavy atom. The van der Waals surface area contributed by atoms with Crippen molar-refractivity contribution in [1.29, 1.82) is 0 Å². The van der Waals surface area contributed by atoms with Gasteiger partial charge in [0.05, 0.1) is 0 Å². The van der Waals surface area contributed by atoms with Gasteiger partial charge >= 0.3 is 0 Å². The van der Waals surface area contributed by atoms with Crippen molar-refractivity contribution >= 4 is 6.29 Å². The van der Waals surface area contributed by atoms with Crippen molar-refractivity contribution < 1.29 is 4.79 Å². The second-order valence-electron chi connectivity index (χ2n) is 4.29. The van der Waals surface area contributed by atoms with E-state index in [4.69, 9.17) is 0 Å². The minimum atomic E-state index is 0.0174. The van der Waals surface area contributed by atoms with E-state index in [9.17, 15) is 4.79 Å². The second-order valence-corrected chi connectivity index (χ2v) is 4.29. The van der Waals surface area contributed by atoms with Crippen LogP contribution in [0.4, 0.5) is 0 Å². The summed E-state index contributed by atoms with van der Waals surface area (Å²) in [4.78, 5) is 10.4. The summed E-state index contributed by atoms with van der Waals surface area (Å²) >= 11 is 0. The Morgan fingerprint density at radius 1 is 1.22 bits per heavy atom. The molecular weight excluding hydrogens is 112 g/mol. The fourth-order valence-electron chi connectivity index (χ4n) is 2.22. The summed E-state index contributed by atoms with van der Waals surface area (Å²) in [6, 6.07) is 0. The van der Waals surface area contributed by atoms with Crippen LogP contribution in [0.15, 0.2) is 0 Å². The zero-order chi connectivity index (χ0) is 7.12. The lowest BCUT2D eigenvalue weighted by Crippen LogP contribution is -2.41. The van der Waals surface area contributed by atoms with E-state index in [1.807, 2.05) is 6.92 Å². The number of aldehydes is 1. The standard InChI is InChI=1S/C8H14O/c1-7(2)4-8(3,5-7)6-9/h6H,4-5H2,1-3H3. The summed E-state index contributed by atoms with van der Waals surface area (Å²) in [6.07, 6.45) is 3.21. The van der Waals surface area contributed by atoms with Crippen molar-refractivity contribution in [3.63, 3.8) is 0 Å². The van der Waals surface area contributed by atoms with Gasteiger partial charge in [0.25, 0.3) is 0 Å². The molecule has 0 aromatic rings. The van der Waals surface area contributed by atoms with Crippen LogP contribution in [-0.2, 0) is 4.79 Å². The number of hydrogen-bond acceptors (Lipinski definition) is 1. The summed E-state index contributed by atoms with van der Waals surface area (Å²) in [7, 11) is 0. The molecule has 1 aliphatic carbocycles. The molecule has 0 spiro atoms. The van der Waals surface area contributed by atoms with Crippen LogP contribution in [-0.4, -0.2) is 6.29 Å². The Bertz CT molecular complexity index is 128. The maximum absolute atomic E-state index is 10.4. The molecule has 0 aliphatic heterocycles. The highest BCUT2D eigenvalue weighted by Gasteiger charge is 2.45. The Labute approximate surface area is 56.4 Å². The van der Waals surface area contributed by atoms with Gasteiger partial charge in [-0.1, -0.05) is 20.8 Å². The van der Waals surface area contributed by atoms with Crippen molar-refractivity contribution in [2.45, 2.75) is 33.6 Å². The summed E-state index contributed by atoms with van der Waals surface area (Å²) in [5.74, 6) is 0. The highest BCUT2D eigenvalue weighted by molar-refractivity contribution is 5.60. The third-order valence-electron chi connectivity index (χ3n) is 2.05. The molecule has 1 rings (SSSR count). The van der Waals surface area contributed by atoms with Gasteiger partial charge in [0.1, 0.15) is 6.29 Å². The number of carbonyl (C=O) groups excluding carboxylic acids is 1. The molecule has 0 radical (unpaired) electrons. The van der Waals surface area contributed by atoms with Gasteiger partial charge in [-0.3, -0.25) is 0 Å². The van der Waals surface area contributed by atoms with E-state index in [0.29, 0.717) is 5.41 Å². The molecule has 0 saturated heterocycles. The highest BCUT2D eigenvalue weighted by atomic mass is 16.1. The average molecular weight is 126 g/mol. The van der Waals surface area contributed by atoms with Crippen molar-refractivity contribution in [3.05, 3.63) is 0 Å². The van der Waals surface area contributed by atoms with E-state index in [1.54, 1.807) is 0 Å². The van der Waals surface area contributed by atoms with Gasteiger partial charge in [0, 0.05) is 5.41 Å². The lowest BCUT2D eigenvalue weighted by atomic mass is 9.56. The molecule has 1 heteroatoms. The fourth-order valence-corrected chi connectivity index (χ4v) is 2.22. The van der Waals surface area contributed by atoms with E-state index >= 15 is 0 Å². The molecule has 0 bridgehead atoms. The number of rotatable bonds is 1. The second kappa shape index (κ2) is 1.59. The monoisotopic (exact) mass is 126 g/mol. The topological polar surface area (TPSA) is 17.1 Å². The van der Waals surface area contributed by atoms with Crippen LogP contribution in [0.2, 0.25) is 0 Å². The molecule has 1 saturated carbocycles. The van der Waals surface area contributed by atoms with Crippen molar-refractivity contribution in [2.24, 2.45) is 10.8 Å². The molecule has 0 heterocycles. The highest BCUT2D eigenvalue weighted by Crippen LogP contribution is 2.52. The maximum Gasteiger partial charge on any atom is 0.125 e. The molecule has 0 unspecified atom stereocenters. The molecule has 1 aliphatic rings. The molecule has 9 heavy (non-hydrogen) atoms. The average Bonchev–Trinajstić information content (AvgIpc) is 1.61. The Kier molecular flexibility index (Phi) is 1.20. The number of hydrogen-bond donors (Lipinski definition) is 0. The first kappa shape index (κ1) is 6.79. The van der Waals surface area contributed by atoms with Crippen LogP contribution >= 0.6 is 0 Å². The Balaban J connectivity index is 2.50. The third-order valence-corrected chi connectivity index (χ3v) is 2.05. The van der Waals surface area contributed by atoms with E-state index in [-0.39, 0.29) is 5.41 Å². The molecular formula is C8H14O. The first-order valence-electron chi connectivity index (χ1n) is 3.44. The molecule has 0 amide bonds. The van der Waals surface area contributed by atoms with Crippen LogP contribution < -0.4 is 0 Å². The normalized spacial score (nSPS) is 28.8. The quantitative estimate of drug-likeness (QED) is 0.491. The molecule has 0 atom stereocenters. The molecule has 1 nitrogen and oxygen atoms in total. The fraction of sp³-hybridized carbons (Fsp3) is 0.875. The van der Waals surface area contributed by atoms with Gasteiger partial charge in [0.15, 0.2) is 0 Å². The maximum atomic E-state index is 10.4. The van der Waals surface area contributed by atoms with Crippen LogP contribution in [0.5, 0.6) is 0 Å². The van der Waals surface area contributed by atoms with Crippen LogP contribution in [0.25, 0.3) is 0 Å². The van der Waals surface area contributed by atoms with E-state index in [1.165, 1.54) is 0 Å². The molecule has 52 valence electrons. The van der Waals surface area contributed by atoms with Gasteiger partial charge in [0.2, 0.25) is 0 Å². The van der Waals surface area contributed by atoms with E-state index in [0.717, 1.165) is 19.1 Å². The number of carbonyl (C=O) groups is 1. The summed E-state index contributed by atoms with van der Waals surface area (Å²) in [5, 5.41) is 0. The van der Waals surface area contributed by atoms with Gasteiger partial charge in [-0.05, 0) is 18.3 Å². The lowest BCUT2D eigenvalue weighted by molar-refractivity contribution is -0.126. The Hall–Kier alpha value is -0.330. The molecule has 1 fully saturated rings. The van der Waals surface area contributed by atoms with Crippen molar-refractivity contribution in [3.8, 4) is 0 Å². The van der Waals surface area contributed by atoms with E-state index in [2.05, 4.69) is 13.8 Å². The molecule has 0 aromatic heterocycles. The largest absolute Gasteiger partial charge is 0.303 e. The predicted molar refractivity (Wildman–Crippen MR) is 37.2 cm³/mol. The van der Waals surface area contributed by atoms with Crippen LogP contribution in [0.1, 0.15) is 33.6 Å². The van der Waals surface area contributed by atoms with Crippen molar-refractivity contribution in [1.82, 2.24) is 0 Å². The predicted octanol–water partition coefficient (Wildman–Crippen LogP) is 2.01. The van der Waals surface area contributed by atoms with Gasteiger partial charge in [-0.2, -0.15) is 0 Å². The minimum absolute atomic E-state index is 0.0174. The smallest absolute Gasteiger partial charge is 0.125 e. The Morgan fingerprint density at radius 3 is 1.78 bits per heavy atom. The zero-order valence-electron chi connectivity index (χ0n) is 6.40. The first-order valence-corrected chi connectivity index (χ1v) is 3.44. The zero-order valence-corrected chi connectivity index (χ0v) is 6.40.